The third-order valence-corrected chi connectivity index (χ3v) is 5.56. The lowest BCUT2D eigenvalue weighted by atomic mass is 10.0. The van der Waals surface area contributed by atoms with Crippen molar-refractivity contribution in [2.75, 3.05) is 0 Å². The number of aromatic nitrogens is 1. The summed E-state index contributed by atoms with van der Waals surface area (Å²) in [6.07, 6.45) is 22.0. The third kappa shape index (κ3) is 14.5. The Morgan fingerprint density at radius 1 is 0.767 bits per heavy atom. The maximum atomic E-state index is 12.4. The van der Waals surface area contributed by atoms with Crippen molar-refractivity contribution in [3.63, 3.8) is 0 Å². The highest BCUT2D eigenvalue weighted by molar-refractivity contribution is 5.92. The molecular formula is C25H43ClN2O2. The van der Waals surface area contributed by atoms with Crippen LogP contribution in [0, 0.1) is 0 Å². The molecule has 0 unspecified atom stereocenters. The van der Waals surface area contributed by atoms with Crippen molar-refractivity contribution in [3.05, 3.63) is 30.1 Å². The van der Waals surface area contributed by atoms with Gasteiger partial charge in [0, 0.05) is 18.6 Å². The van der Waals surface area contributed by atoms with Crippen LogP contribution < -0.4 is 22.7 Å². The van der Waals surface area contributed by atoms with Crippen LogP contribution in [0.3, 0.4) is 0 Å². The number of hydrogen-bond donors (Lipinski definition) is 1. The van der Waals surface area contributed by atoms with E-state index in [4.69, 9.17) is 5.73 Å². The van der Waals surface area contributed by atoms with E-state index in [0.29, 0.717) is 12.1 Å². The van der Waals surface area contributed by atoms with Crippen LogP contribution in [0.25, 0.3) is 0 Å². The number of carbonyl (C=O) groups excluding carboxylic acids is 2. The Morgan fingerprint density at radius 3 is 1.70 bits per heavy atom. The average Bonchev–Trinajstić information content (AvgIpc) is 2.70. The van der Waals surface area contributed by atoms with E-state index in [1.165, 1.54) is 83.5 Å². The van der Waals surface area contributed by atoms with Gasteiger partial charge in [0.05, 0.1) is 0 Å². The second kappa shape index (κ2) is 19.5. The largest absolute Gasteiger partial charge is 1.00 e. The predicted octanol–water partition coefficient (Wildman–Crippen LogP) is 2.91. The molecule has 0 aliphatic carbocycles. The minimum atomic E-state index is -0.428. The number of amides is 1. The van der Waals surface area contributed by atoms with E-state index in [2.05, 4.69) is 6.92 Å². The number of unbranched alkanes of at least 4 members (excludes halogenated alkanes) is 14. The molecule has 0 atom stereocenters. The molecule has 0 spiro atoms. The van der Waals surface area contributed by atoms with Crippen LogP contribution in [-0.4, -0.2) is 11.7 Å². The molecule has 1 amide bonds. The van der Waals surface area contributed by atoms with Gasteiger partial charge >= 0.3 is 0 Å². The summed E-state index contributed by atoms with van der Waals surface area (Å²) in [6, 6.07) is 5.42. The summed E-state index contributed by atoms with van der Waals surface area (Å²) in [4.78, 5) is 23.5. The number of pyridine rings is 1. The van der Waals surface area contributed by atoms with Crippen molar-refractivity contribution in [3.8, 4) is 0 Å². The highest BCUT2D eigenvalue weighted by Gasteiger charge is 2.19. The lowest BCUT2D eigenvalue weighted by molar-refractivity contribution is -0.686. The fraction of sp³-hybridized carbons (Fsp3) is 0.720. The first-order chi connectivity index (χ1) is 14.1. The van der Waals surface area contributed by atoms with Crippen LogP contribution in [0.15, 0.2) is 24.4 Å². The van der Waals surface area contributed by atoms with E-state index >= 15 is 0 Å². The number of carbonyl (C=O) groups is 2. The van der Waals surface area contributed by atoms with Gasteiger partial charge in [-0.25, -0.2) is 0 Å². The molecule has 0 aliphatic rings. The molecule has 5 heteroatoms. The smallest absolute Gasteiger partial charge is 0.283 e. The molecule has 4 nitrogen and oxygen atoms in total. The molecule has 0 radical (unpaired) electrons. The molecule has 0 saturated heterocycles. The summed E-state index contributed by atoms with van der Waals surface area (Å²) in [7, 11) is 0. The van der Waals surface area contributed by atoms with E-state index in [1.807, 2.05) is 12.1 Å². The zero-order valence-electron chi connectivity index (χ0n) is 19.0. The Labute approximate surface area is 190 Å². The second-order valence-electron chi connectivity index (χ2n) is 8.30. The van der Waals surface area contributed by atoms with Gasteiger partial charge in [0.2, 0.25) is 18.0 Å². The number of ketones is 1. The zero-order valence-corrected chi connectivity index (χ0v) is 19.8. The average molecular weight is 439 g/mol. The summed E-state index contributed by atoms with van der Waals surface area (Å²) < 4.78 is 1.65. The maximum Gasteiger partial charge on any atom is 0.283 e. The normalized spacial score (nSPS) is 10.6. The summed E-state index contributed by atoms with van der Waals surface area (Å²) >= 11 is 0. The Hall–Kier alpha value is -1.42. The van der Waals surface area contributed by atoms with Crippen LogP contribution in [0.1, 0.15) is 120 Å². The van der Waals surface area contributed by atoms with Crippen LogP contribution in [0.2, 0.25) is 0 Å². The summed E-state index contributed by atoms with van der Waals surface area (Å²) in [5.41, 5.74) is 5.84. The molecule has 2 N–H and O–H groups in total. The Morgan fingerprint density at radius 2 is 1.23 bits per heavy atom. The Kier molecular flexibility index (Phi) is 18.6. The fourth-order valence-electron chi connectivity index (χ4n) is 3.82. The van der Waals surface area contributed by atoms with Gasteiger partial charge in [0.15, 0.2) is 6.20 Å². The number of nitrogens with two attached hydrogens (primary N) is 1. The van der Waals surface area contributed by atoms with E-state index in [0.717, 1.165) is 12.8 Å². The van der Waals surface area contributed by atoms with Crippen LogP contribution in [0.4, 0.5) is 0 Å². The van der Waals surface area contributed by atoms with Crippen LogP contribution in [-0.2, 0) is 11.3 Å². The summed E-state index contributed by atoms with van der Waals surface area (Å²) in [6.45, 7) is 2.33. The number of Topliss-reactive ketones (excluding diaryl/α,β-unsaturated/α-hetero) is 1. The molecule has 0 bridgehead atoms. The molecule has 0 aliphatic heterocycles. The van der Waals surface area contributed by atoms with Gasteiger partial charge in [0.25, 0.3) is 5.91 Å². The molecule has 1 heterocycles. The van der Waals surface area contributed by atoms with Gasteiger partial charge in [-0.2, -0.15) is 4.57 Å². The topological polar surface area (TPSA) is 64.0 Å². The molecule has 1 aromatic heterocycles. The van der Waals surface area contributed by atoms with Crippen molar-refractivity contribution in [2.24, 2.45) is 5.73 Å². The highest BCUT2D eigenvalue weighted by Crippen LogP contribution is 2.14. The number of nitrogens with zero attached hydrogens (tertiary/aromatic N) is 1. The number of primary amides is 1. The van der Waals surface area contributed by atoms with Crippen molar-refractivity contribution >= 4 is 11.7 Å². The first-order valence-corrected chi connectivity index (χ1v) is 11.9. The van der Waals surface area contributed by atoms with Crippen molar-refractivity contribution in [1.82, 2.24) is 0 Å². The highest BCUT2D eigenvalue weighted by atomic mass is 35.5. The fourth-order valence-corrected chi connectivity index (χ4v) is 3.82. The molecule has 1 aromatic rings. The van der Waals surface area contributed by atoms with E-state index in [1.54, 1.807) is 16.8 Å². The molecule has 1 rings (SSSR count). The van der Waals surface area contributed by atoms with E-state index in [9.17, 15) is 9.59 Å². The first-order valence-electron chi connectivity index (χ1n) is 11.9. The van der Waals surface area contributed by atoms with E-state index in [-0.39, 0.29) is 24.7 Å². The number of hydrogen-bond acceptors (Lipinski definition) is 2. The second-order valence-corrected chi connectivity index (χ2v) is 8.30. The lowest BCUT2D eigenvalue weighted by Gasteiger charge is -2.04. The monoisotopic (exact) mass is 438 g/mol. The zero-order chi connectivity index (χ0) is 21.2. The number of halogens is 1. The quantitative estimate of drug-likeness (QED) is 0.205. The van der Waals surface area contributed by atoms with Gasteiger partial charge in [-0.3, -0.25) is 9.59 Å². The van der Waals surface area contributed by atoms with Crippen molar-refractivity contribution < 1.29 is 26.6 Å². The van der Waals surface area contributed by atoms with E-state index < -0.39 is 5.91 Å². The molecular weight excluding hydrogens is 396 g/mol. The summed E-state index contributed by atoms with van der Waals surface area (Å²) in [5, 5.41) is 0. The SMILES string of the molecule is CCCCCCCCCCCCCCCCCC(=O)c1cccc[n+]1CC(N)=O.[Cl-]. The van der Waals surface area contributed by atoms with Crippen molar-refractivity contribution in [2.45, 2.75) is 116 Å². The third-order valence-electron chi connectivity index (χ3n) is 5.56. The number of rotatable bonds is 19. The minimum absolute atomic E-state index is 0. The summed E-state index contributed by atoms with van der Waals surface area (Å²) in [5.74, 6) is -0.330. The maximum absolute atomic E-state index is 12.4. The van der Waals surface area contributed by atoms with Gasteiger partial charge in [-0.05, 0) is 12.5 Å². The molecule has 172 valence electrons. The Bertz CT molecular complexity index is 578. The Balaban J connectivity index is 0.00000841. The standard InChI is InChI=1S/C25H42N2O2.ClH/c1-2-3-4-5-6-7-8-9-10-11-12-13-14-15-16-20-24(28)23-19-17-18-21-27(23)22-25(26)29;/h17-19,21H,2-16,20,22H2,1H3,(H-,26,29);1H. The van der Waals surface area contributed by atoms with Crippen molar-refractivity contribution in [1.29, 1.82) is 0 Å². The predicted molar refractivity (Wildman–Crippen MR) is 120 cm³/mol. The van der Waals surface area contributed by atoms with Crippen LogP contribution in [0.5, 0.6) is 0 Å². The molecule has 30 heavy (non-hydrogen) atoms. The van der Waals surface area contributed by atoms with Gasteiger partial charge in [-0.1, -0.05) is 96.8 Å². The van der Waals surface area contributed by atoms with Gasteiger partial charge < -0.3 is 18.1 Å². The van der Waals surface area contributed by atoms with Gasteiger partial charge in [0.1, 0.15) is 0 Å². The molecule has 0 saturated carbocycles. The lowest BCUT2D eigenvalue weighted by Crippen LogP contribution is -3.00. The molecule has 0 aromatic carbocycles. The minimum Gasteiger partial charge on any atom is -1.00 e. The van der Waals surface area contributed by atoms with Gasteiger partial charge in [-0.15, -0.1) is 0 Å². The first kappa shape index (κ1) is 28.6. The van der Waals surface area contributed by atoms with Crippen LogP contribution >= 0.6 is 0 Å². The molecule has 0 fully saturated rings.